The molecule has 0 spiro atoms. The van der Waals surface area contributed by atoms with Gasteiger partial charge in [-0.25, -0.2) is 0 Å². The smallest absolute Gasteiger partial charge is 0.248 e. The molecule has 4 nitrogen and oxygen atoms in total. The zero-order valence-corrected chi connectivity index (χ0v) is 8.64. The number of nitrogens with one attached hydrogen (secondary N) is 1. The SMILES string of the molecule is CC(=O)NC1(C)OCC(C)(C)CO1. The molecule has 0 aromatic heterocycles. The van der Waals surface area contributed by atoms with Crippen LogP contribution in [0, 0.1) is 5.41 Å². The minimum atomic E-state index is -0.943. The lowest BCUT2D eigenvalue weighted by Gasteiger charge is -2.41. The molecule has 1 rings (SSSR count). The van der Waals surface area contributed by atoms with Gasteiger partial charge in [0, 0.05) is 19.3 Å². The summed E-state index contributed by atoms with van der Waals surface area (Å²) in [6.45, 7) is 8.44. The number of ether oxygens (including phenoxy) is 2. The number of rotatable bonds is 1. The summed E-state index contributed by atoms with van der Waals surface area (Å²) in [5, 5.41) is 2.61. The van der Waals surface area contributed by atoms with Crippen molar-refractivity contribution in [1.29, 1.82) is 0 Å². The monoisotopic (exact) mass is 187 g/mol. The van der Waals surface area contributed by atoms with E-state index in [1.807, 2.05) is 0 Å². The fourth-order valence-electron chi connectivity index (χ4n) is 1.14. The van der Waals surface area contributed by atoms with E-state index in [0.29, 0.717) is 13.2 Å². The van der Waals surface area contributed by atoms with Gasteiger partial charge in [-0.3, -0.25) is 4.79 Å². The second kappa shape index (κ2) is 3.27. The van der Waals surface area contributed by atoms with Gasteiger partial charge in [-0.2, -0.15) is 0 Å². The maximum absolute atomic E-state index is 10.8. The van der Waals surface area contributed by atoms with Crippen LogP contribution in [0.2, 0.25) is 0 Å². The predicted octanol–water partition coefficient (Wildman–Crippen LogP) is 0.869. The van der Waals surface area contributed by atoms with Crippen LogP contribution in [-0.2, 0) is 14.3 Å². The van der Waals surface area contributed by atoms with Crippen LogP contribution >= 0.6 is 0 Å². The van der Waals surface area contributed by atoms with E-state index in [1.54, 1.807) is 6.92 Å². The lowest BCUT2D eigenvalue weighted by molar-refractivity contribution is -0.300. The number of amides is 1. The molecule has 1 aliphatic rings. The normalized spacial score (nSPS) is 25.2. The minimum Gasteiger partial charge on any atom is -0.332 e. The Morgan fingerprint density at radius 1 is 1.23 bits per heavy atom. The molecule has 0 bridgehead atoms. The standard InChI is InChI=1S/C9H17NO3/c1-7(11)10-9(4)12-5-8(2,3)6-13-9/h5-6H2,1-4H3,(H,10,11). The van der Waals surface area contributed by atoms with Crippen molar-refractivity contribution in [3.05, 3.63) is 0 Å². The van der Waals surface area contributed by atoms with Gasteiger partial charge >= 0.3 is 0 Å². The number of hydrogen-bond acceptors (Lipinski definition) is 3. The maximum Gasteiger partial charge on any atom is 0.248 e. The summed E-state index contributed by atoms with van der Waals surface area (Å²) in [4.78, 5) is 10.8. The fraction of sp³-hybridized carbons (Fsp3) is 0.889. The number of carbonyl (C=O) groups is 1. The molecule has 0 atom stereocenters. The third-order valence-electron chi connectivity index (χ3n) is 1.88. The van der Waals surface area contributed by atoms with Crippen molar-refractivity contribution in [1.82, 2.24) is 5.32 Å². The van der Waals surface area contributed by atoms with Crippen LogP contribution in [-0.4, -0.2) is 25.0 Å². The van der Waals surface area contributed by atoms with E-state index in [9.17, 15) is 4.79 Å². The third kappa shape index (κ3) is 2.97. The van der Waals surface area contributed by atoms with E-state index in [-0.39, 0.29) is 11.3 Å². The van der Waals surface area contributed by atoms with Crippen molar-refractivity contribution in [2.45, 2.75) is 33.6 Å². The molecule has 0 aromatic rings. The van der Waals surface area contributed by atoms with E-state index in [2.05, 4.69) is 19.2 Å². The Kier molecular flexibility index (Phi) is 2.63. The zero-order chi connectivity index (χ0) is 10.1. The van der Waals surface area contributed by atoms with E-state index in [1.165, 1.54) is 6.92 Å². The van der Waals surface area contributed by atoms with Gasteiger partial charge in [0.15, 0.2) is 0 Å². The molecule has 76 valence electrons. The molecular formula is C9H17NO3. The minimum absolute atomic E-state index is 0.0258. The van der Waals surface area contributed by atoms with Crippen LogP contribution in [0.4, 0.5) is 0 Å². The van der Waals surface area contributed by atoms with Crippen molar-refractivity contribution in [2.24, 2.45) is 5.41 Å². The van der Waals surface area contributed by atoms with Gasteiger partial charge in [0.1, 0.15) is 0 Å². The summed E-state index contributed by atoms with van der Waals surface area (Å²) in [7, 11) is 0. The van der Waals surface area contributed by atoms with Gasteiger partial charge in [-0.15, -0.1) is 0 Å². The Hall–Kier alpha value is -0.610. The summed E-state index contributed by atoms with van der Waals surface area (Å²) < 4.78 is 10.9. The average molecular weight is 187 g/mol. The van der Waals surface area contributed by atoms with Gasteiger partial charge < -0.3 is 14.8 Å². The molecule has 1 amide bonds. The second-order valence-electron chi connectivity index (χ2n) is 4.37. The van der Waals surface area contributed by atoms with Crippen LogP contribution in [0.25, 0.3) is 0 Å². The van der Waals surface area contributed by atoms with Gasteiger partial charge in [0.2, 0.25) is 11.8 Å². The van der Waals surface area contributed by atoms with Crippen LogP contribution in [0.5, 0.6) is 0 Å². The fourth-order valence-corrected chi connectivity index (χ4v) is 1.14. The molecule has 1 fully saturated rings. The van der Waals surface area contributed by atoms with Crippen molar-refractivity contribution in [3.8, 4) is 0 Å². The van der Waals surface area contributed by atoms with Crippen LogP contribution in [0.3, 0.4) is 0 Å². The lowest BCUT2D eigenvalue weighted by Crippen LogP contribution is -2.55. The number of carbonyl (C=O) groups excluding carboxylic acids is 1. The first-order valence-corrected chi connectivity index (χ1v) is 4.40. The Morgan fingerprint density at radius 2 is 1.69 bits per heavy atom. The molecule has 0 aromatic carbocycles. The molecule has 0 saturated carbocycles. The Balaban J connectivity index is 2.51. The molecule has 13 heavy (non-hydrogen) atoms. The third-order valence-corrected chi connectivity index (χ3v) is 1.88. The molecule has 1 N–H and O–H groups in total. The average Bonchev–Trinajstić information content (AvgIpc) is 1.95. The van der Waals surface area contributed by atoms with E-state index in [0.717, 1.165) is 0 Å². The highest BCUT2D eigenvalue weighted by Gasteiger charge is 2.37. The van der Waals surface area contributed by atoms with Crippen LogP contribution in [0.15, 0.2) is 0 Å². The zero-order valence-electron chi connectivity index (χ0n) is 8.64. The van der Waals surface area contributed by atoms with Crippen molar-refractivity contribution in [2.75, 3.05) is 13.2 Å². The Bertz CT molecular complexity index is 203. The largest absolute Gasteiger partial charge is 0.332 e. The molecule has 0 radical (unpaired) electrons. The number of hydrogen-bond donors (Lipinski definition) is 1. The predicted molar refractivity (Wildman–Crippen MR) is 47.9 cm³/mol. The van der Waals surface area contributed by atoms with Crippen LogP contribution in [0.1, 0.15) is 27.7 Å². The summed E-state index contributed by atoms with van der Waals surface area (Å²) >= 11 is 0. The van der Waals surface area contributed by atoms with Crippen molar-refractivity contribution < 1.29 is 14.3 Å². The molecule has 0 unspecified atom stereocenters. The molecular weight excluding hydrogens is 170 g/mol. The summed E-state index contributed by atoms with van der Waals surface area (Å²) in [6.07, 6.45) is 0. The summed E-state index contributed by atoms with van der Waals surface area (Å²) in [5.74, 6) is -1.09. The van der Waals surface area contributed by atoms with Crippen LogP contribution < -0.4 is 5.32 Å². The quantitative estimate of drug-likeness (QED) is 0.662. The first-order chi connectivity index (χ1) is 5.83. The molecule has 1 aliphatic heterocycles. The highest BCUT2D eigenvalue weighted by atomic mass is 16.7. The van der Waals surface area contributed by atoms with Gasteiger partial charge in [0.05, 0.1) is 13.2 Å². The molecule has 1 saturated heterocycles. The first-order valence-electron chi connectivity index (χ1n) is 4.40. The van der Waals surface area contributed by atoms with E-state index >= 15 is 0 Å². The summed E-state index contributed by atoms with van der Waals surface area (Å²) in [6, 6.07) is 0. The maximum atomic E-state index is 10.8. The Labute approximate surface area is 78.6 Å². The van der Waals surface area contributed by atoms with Crippen molar-refractivity contribution in [3.63, 3.8) is 0 Å². The highest BCUT2D eigenvalue weighted by Crippen LogP contribution is 2.27. The molecule has 1 heterocycles. The van der Waals surface area contributed by atoms with E-state index in [4.69, 9.17) is 9.47 Å². The first kappa shape index (κ1) is 10.5. The highest BCUT2D eigenvalue weighted by molar-refractivity contribution is 5.73. The molecule has 0 aliphatic carbocycles. The van der Waals surface area contributed by atoms with Crippen molar-refractivity contribution >= 4 is 5.91 Å². The molecule has 4 heteroatoms. The summed E-state index contributed by atoms with van der Waals surface area (Å²) in [5.41, 5.74) is 0.0258. The Morgan fingerprint density at radius 3 is 2.08 bits per heavy atom. The lowest BCUT2D eigenvalue weighted by atomic mass is 9.95. The topological polar surface area (TPSA) is 47.6 Å². The van der Waals surface area contributed by atoms with Gasteiger partial charge in [-0.1, -0.05) is 13.8 Å². The second-order valence-corrected chi connectivity index (χ2v) is 4.37. The van der Waals surface area contributed by atoms with Gasteiger partial charge in [0.25, 0.3) is 0 Å². The van der Waals surface area contributed by atoms with E-state index < -0.39 is 5.91 Å². The van der Waals surface area contributed by atoms with Gasteiger partial charge in [-0.05, 0) is 0 Å².